The van der Waals surface area contributed by atoms with Gasteiger partial charge in [0.2, 0.25) is 0 Å². The predicted molar refractivity (Wildman–Crippen MR) is 87.1 cm³/mol. The first kappa shape index (κ1) is 15.1. The second-order valence-electron chi connectivity index (χ2n) is 7.72. The zero-order valence-corrected chi connectivity index (χ0v) is 13.4. The highest BCUT2D eigenvalue weighted by atomic mass is 16.3. The maximum absolute atomic E-state index is 11.4. The molecule has 3 N–H and O–H groups in total. The zero-order valence-electron chi connectivity index (χ0n) is 13.4. The van der Waals surface area contributed by atoms with E-state index in [-0.39, 0.29) is 5.41 Å². The summed E-state index contributed by atoms with van der Waals surface area (Å²) < 4.78 is 0. The van der Waals surface area contributed by atoms with Gasteiger partial charge in [-0.15, -0.1) is 0 Å². The Morgan fingerprint density at radius 3 is 2.10 bits per heavy atom. The van der Waals surface area contributed by atoms with E-state index in [1.54, 1.807) is 0 Å². The minimum atomic E-state index is -0.577. The van der Waals surface area contributed by atoms with Gasteiger partial charge < -0.3 is 10.8 Å². The van der Waals surface area contributed by atoms with Crippen LogP contribution in [-0.2, 0) is 12.8 Å². The Bertz CT molecular complexity index is 475. The van der Waals surface area contributed by atoms with Gasteiger partial charge in [-0.05, 0) is 61.5 Å². The molecule has 2 nitrogen and oxygen atoms in total. The molecule has 0 unspecified atom stereocenters. The van der Waals surface area contributed by atoms with Crippen molar-refractivity contribution >= 4 is 0 Å². The topological polar surface area (TPSA) is 46.2 Å². The van der Waals surface area contributed by atoms with Crippen molar-refractivity contribution < 1.29 is 5.11 Å². The van der Waals surface area contributed by atoms with Crippen LogP contribution in [0, 0.1) is 17.3 Å². The van der Waals surface area contributed by atoms with Gasteiger partial charge in [-0.3, -0.25) is 0 Å². The molecule has 0 aliphatic heterocycles. The molecule has 0 bridgehead atoms. The average molecular weight is 287 g/mol. The summed E-state index contributed by atoms with van der Waals surface area (Å²) in [6, 6.07) is 8.61. The SMILES string of the molecule is CC(C)C1CCC(O)(C2(CN)Cc3ccccc3C2)CC1. The largest absolute Gasteiger partial charge is 0.389 e. The van der Waals surface area contributed by atoms with Gasteiger partial charge in [-0.2, -0.15) is 0 Å². The monoisotopic (exact) mass is 287 g/mol. The maximum Gasteiger partial charge on any atom is 0.0722 e. The molecule has 3 rings (SSSR count). The van der Waals surface area contributed by atoms with Crippen molar-refractivity contribution in [1.29, 1.82) is 0 Å². The molecule has 0 aromatic heterocycles. The van der Waals surface area contributed by atoms with Crippen LogP contribution >= 0.6 is 0 Å². The van der Waals surface area contributed by atoms with E-state index >= 15 is 0 Å². The molecule has 1 aromatic carbocycles. The molecule has 1 fully saturated rings. The summed E-state index contributed by atoms with van der Waals surface area (Å²) in [6.45, 7) is 5.20. The van der Waals surface area contributed by atoms with Gasteiger partial charge in [0.1, 0.15) is 0 Å². The van der Waals surface area contributed by atoms with Gasteiger partial charge in [0.25, 0.3) is 0 Å². The highest BCUT2D eigenvalue weighted by molar-refractivity contribution is 5.36. The third-order valence-corrected chi connectivity index (χ3v) is 6.35. The molecule has 0 spiro atoms. The molecule has 21 heavy (non-hydrogen) atoms. The summed E-state index contributed by atoms with van der Waals surface area (Å²) in [5, 5.41) is 11.4. The van der Waals surface area contributed by atoms with Crippen LogP contribution in [0.2, 0.25) is 0 Å². The van der Waals surface area contributed by atoms with E-state index in [4.69, 9.17) is 5.73 Å². The van der Waals surface area contributed by atoms with Gasteiger partial charge >= 0.3 is 0 Å². The van der Waals surface area contributed by atoms with Crippen LogP contribution in [-0.4, -0.2) is 17.3 Å². The Hall–Kier alpha value is -0.860. The first-order valence-corrected chi connectivity index (χ1v) is 8.49. The molecule has 1 aromatic rings. The fourth-order valence-electron chi connectivity index (χ4n) is 4.67. The number of hydrogen-bond donors (Lipinski definition) is 2. The Morgan fingerprint density at radius 2 is 1.67 bits per heavy atom. The number of rotatable bonds is 3. The van der Waals surface area contributed by atoms with Crippen molar-refractivity contribution in [3.05, 3.63) is 35.4 Å². The molecule has 2 aliphatic carbocycles. The Kier molecular flexibility index (Phi) is 3.87. The van der Waals surface area contributed by atoms with Crippen molar-refractivity contribution in [3.8, 4) is 0 Å². The van der Waals surface area contributed by atoms with Gasteiger partial charge in [-0.1, -0.05) is 38.1 Å². The number of nitrogens with two attached hydrogens (primary N) is 1. The van der Waals surface area contributed by atoms with Crippen LogP contribution in [0.15, 0.2) is 24.3 Å². The lowest BCUT2D eigenvalue weighted by Crippen LogP contribution is -2.55. The Morgan fingerprint density at radius 1 is 1.14 bits per heavy atom. The highest BCUT2D eigenvalue weighted by Crippen LogP contribution is 2.51. The van der Waals surface area contributed by atoms with E-state index in [9.17, 15) is 5.11 Å². The van der Waals surface area contributed by atoms with Crippen molar-refractivity contribution in [2.45, 2.75) is 58.0 Å². The van der Waals surface area contributed by atoms with Crippen molar-refractivity contribution in [3.63, 3.8) is 0 Å². The molecule has 0 atom stereocenters. The number of hydrogen-bond acceptors (Lipinski definition) is 2. The summed E-state index contributed by atoms with van der Waals surface area (Å²) >= 11 is 0. The molecule has 0 amide bonds. The first-order chi connectivity index (χ1) is 10.00. The van der Waals surface area contributed by atoms with E-state index in [1.165, 1.54) is 11.1 Å². The molecule has 116 valence electrons. The fourth-order valence-corrected chi connectivity index (χ4v) is 4.67. The minimum Gasteiger partial charge on any atom is -0.389 e. The maximum atomic E-state index is 11.4. The standard InChI is InChI=1S/C19H29NO/c1-14(2)15-7-9-19(21,10-8-15)18(13-20)11-16-5-3-4-6-17(16)12-18/h3-6,14-15,21H,7-13,20H2,1-2H3. The molecular formula is C19H29NO. The van der Waals surface area contributed by atoms with Crippen LogP contribution in [0.3, 0.4) is 0 Å². The van der Waals surface area contributed by atoms with Crippen molar-refractivity contribution in [1.82, 2.24) is 0 Å². The van der Waals surface area contributed by atoms with Crippen molar-refractivity contribution in [2.75, 3.05) is 6.54 Å². The van der Waals surface area contributed by atoms with E-state index in [1.807, 2.05) is 0 Å². The van der Waals surface area contributed by atoms with Crippen LogP contribution in [0.1, 0.15) is 50.7 Å². The quantitative estimate of drug-likeness (QED) is 0.896. The second-order valence-corrected chi connectivity index (χ2v) is 7.72. The van der Waals surface area contributed by atoms with E-state index in [0.29, 0.717) is 6.54 Å². The molecule has 0 saturated heterocycles. The average Bonchev–Trinajstić information content (AvgIpc) is 2.88. The molecule has 2 aliphatic rings. The van der Waals surface area contributed by atoms with Gasteiger partial charge in [0, 0.05) is 12.0 Å². The minimum absolute atomic E-state index is 0.140. The van der Waals surface area contributed by atoms with Crippen LogP contribution in [0.25, 0.3) is 0 Å². The van der Waals surface area contributed by atoms with Crippen LogP contribution in [0.5, 0.6) is 0 Å². The molecule has 2 heteroatoms. The van der Waals surface area contributed by atoms with Gasteiger partial charge in [-0.25, -0.2) is 0 Å². The Labute approximate surface area is 128 Å². The van der Waals surface area contributed by atoms with Crippen LogP contribution in [0.4, 0.5) is 0 Å². The lowest BCUT2D eigenvalue weighted by Gasteiger charge is -2.49. The van der Waals surface area contributed by atoms with E-state index < -0.39 is 5.60 Å². The lowest BCUT2D eigenvalue weighted by molar-refractivity contribution is -0.112. The van der Waals surface area contributed by atoms with Gasteiger partial charge in [0.05, 0.1) is 5.60 Å². The summed E-state index contributed by atoms with van der Waals surface area (Å²) in [5.74, 6) is 1.49. The number of aliphatic hydroxyl groups is 1. The Balaban J connectivity index is 1.82. The normalized spacial score (nSPS) is 31.4. The molecular weight excluding hydrogens is 258 g/mol. The van der Waals surface area contributed by atoms with E-state index in [0.717, 1.165) is 50.4 Å². The smallest absolute Gasteiger partial charge is 0.0722 e. The highest BCUT2D eigenvalue weighted by Gasteiger charge is 2.53. The fraction of sp³-hybridized carbons (Fsp3) is 0.684. The summed E-state index contributed by atoms with van der Waals surface area (Å²) in [4.78, 5) is 0. The second kappa shape index (κ2) is 5.40. The van der Waals surface area contributed by atoms with Gasteiger partial charge in [0.15, 0.2) is 0 Å². The van der Waals surface area contributed by atoms with Crippen LogP contribution < -0.4 is 5.73 Å². The molecule has 0 radical (unpaired) electrons. The lowest BCUT2D eigenvalue weighted by atomic mass is 9.61. The summed E-state index contributed by atoms with van der Waals surface area (Å²) in [6.07, 6.45) is 6.02. The molecule has 0 heterocycles. The number of fused-ring (bicyclic) bond motifs is 1. The van der Waals surface area contributed by atoms with E-state index in [2.05, 4.69) is 38.1 Å². The summed E-state index contributed by atoms with van der Waals surface area (Å²) in [5.41, 5.74) is 8.26. The third-order valence-electron chi connectivity index (χ3n) is 6.35. The summed E-state index contributed by atoms with van der Waals surface area (Å²) in [7, 11) is 0. The molecule has 1 saturated carbocycles. The number of benzene rings is 1. The first-order valence-electron chi connectivity index (χ1n) is 8.49. The third kappa shape index (κ3) is 2.43. The van der Waals surface area contributed by atoms with Crippen molar-refractivity contribution in [2.24, 2.45) is 23.0 Å². The predicted octanol–water partition coefficient (Wildman–Crippen LogP) is 3.31. The zero-order chi connectivity index (χ0) is 15.1.